The van der Waals surface area contributed by atoms with E-state index in [-0.39, 0.29) is 5.79 Å². The van der Waals surface area contributed by atoms with Crippen molar-refractivity contribution in [3.05, 3.63) is 23.8 Å². The molecule has 4 heteroatoms. The van der Waals surface area contributed by atoms with E-state index in [0.29, 0.717) is 13.2 Å². The number of aryl methyl sites for hydroxylation is 1. The fraction of sp³-hybridized carbons (Fsp3) is 0.571. The highest BCUT2D eigenvalue weighted by atomic mass is 16.7. The van der Waals surface area contributed by atoms with Gasteiger partial charge in [0.05, 0.1) is 19.8 Å². The molecule has 2 aliphatic rings. The number of ether oxygens (including phenoxy) is 2. The van der Waals surface area contributed by atoms with Gasteiger partial charge in [0.1, 0.15) is 0 Å². The first-order valence-corrected chi connectivity index (χ1v) is 6.57. The van der Waals surface area contributed by atoms with E-state index >= 15 is 0 Å². The lowest BCUT2D eigenvalue weighted by Crippen LogP contribution is -2.49. The van der Waals surface area contributed by atoms with Gasteiger partial charge in [-0.05, 0) is 37.1 Å². The van der Waals surface area contributed by atoms with E-state index < -0.39 is 0 Å². The molecule has 3 rings (SSSR count). The van der Waals surface area contributed by atoms with Crippen molar-refractivity contribution < 1.29 is 9.47 Å². The monoisotopic (exact) mass is 248 g/mol. The summed E-state index contributed by atoms with van der Waals surface area (Å²) in [5.41, 5.74) is 9.10. The summed E-state index contributed by atoms with van der Waals surface area (Å²) in [7, 11) is 0. The zero-order valence-corrected chi connectivity index (χ0v) is 10.8. The third kappa shape index (κ3) is 2.18. The van der Waals surface area contributed by atoms with Crippen LogP contribution in [0, 0.1) is 6.92 Å². The summed E-state index contributed by atoms with van der Waals surface area (Å²) in [4.78, 5) is 2.32. The average molecular weight is 248 g/mol. The number of piperidine rings is 1. The second-order valence-corrected chi connectivity index (χ2v) is 5.23. The molecule has 4 nitrogen and oxygen atoms in total. The molecule has 2 fully saturated rings. The Hall–Kier alpha value is -1.26. The number of anilines is 2. The van der Waals surface area contributed by atoms with Crippen molar-refractivity contribution in [2.45, 2.75) is 25.6 Å². The van der Waals surface area contributed by atoms with Gasteiger partial charge in [-0.2, -0.15) is 0 Å². The molecule has 1 aromatic carbocycles. The van der Waals surface area contributed by atoms with Crippen molar-refractivity contribution in [1.82, 2.24) is 0 Å². The average Bonchev–Trinajstić information content (AvgIpc) is 2.76. The van der Waals surface area contributed by atoms with Crippen LogP contribution in [-0.4, -0.2) is 32.1 Å². The van der Waals surface area contributed by atoms with Crippen molar-refractivity contribution in [1.29, 1.82) is 0 Å². The third-order valence-corrected chi connectivity index (χ3v) is 3.68. The summed E-state index contributed by atoms with van der Waals surface area (Å²) >= 11 is 0. The van der Waals surface area contributed by atoms with Crippen LogP contribution in [-0.2, 0) is 9.47 Å². The number of benzene rings is 1. The van der Waals surface area contributed by atoms with Crippen LogP contribution < -0.4 is 10.6 Å². The van der Waals surface area contributed by atoms with E-state index in [0.717, 1.165) is 31.6 Å². The molecule has 0 amide bonds. The fourth-order valence-electron chi connectivity index (χ4n) is 2.92. The van der Waals surface area contributed by atoms with Crippen LogP contribution in [0.4, 0.5) is 11.4 Å². The predicted molar refractivity (Wildman–Crippen MR) is 71.7 cm³/mol. The van der Waals surface area contributed by atoms with Gasteiger partial charge in [-0.3, -0.25) is 0 Å². The molecule has 1 aromatic rings. The molecule has 0 radical (unpaired) electrons. The lowest BCUT2D eigenvalue weighted by Gasteiger charge is -2.40. The summed E-state index contributed by atoms with van der Waals surface area (Å²) in [6.07, 6.45) is 2.08. The van der Waals surface area contributed by atoms with E-state index in [2.05, 4.69) is 17.9 Å². The van der Waals surface area contributed by atoms with Gasteiger partial charge >= 0.3 is 0 Å². The Morgan fingerprint density at radius 3 is 2.72 bits per heavy atom. The van der Waals surface area contributed by atoms with Gasteiger partial charge in [0, 0.05) is 24.3 Å². The lowest BCUT2D eigenvalue weighted by molar-refractivity contribution is -0.161. The molecule has 1 spiro atoms. The molecule has 0 saturated carbocycles. The summed E-state index contributed by atoms with van der Waals surface area (Å²) in [5.74, 6) is -0.378. The van der Waals surface area contributed by atoms with E-state index in [1.807, 2.05) is 12.1 Å². The molecule has 2 aliphatic heterocycles. The summed E-state index contributed by atoms with van der Waals surface area (Å²) < 4.78 is 11.6. The highest BCUT2D eigenvalue weighted by molar-refractivity contribution is 5.58. The molecular formula is C14H20N2O2. The minimum Gasteiger partial charge on any atom is -0.399 e. The van der Waals surface area contributed by atoms with Gasteiger partial charge in [0.2, 0.25) is 0 Å². The van der Waals surface area contributed by atoms with Crippen LogP contribution in [0.1, 0.15) is 18.4 Å². The van der Waals surface area contributed by atoms with Gasteiger partial charge < -0.3 is 20.1 Å². The number of hydrogen-bond donors (Lipinski definition) is 1. The van der Waals surface area contributed by atoms with Crippen molar-refractivity contribution >= 4 is 11.4 Å². The summed E-state index contributed by atoms with van der Waals surface area (Å²) in [6.45, 7) is 5.34. The van der Waals surface area contributed by atoms with Crippen molar-refractivity contribution in [2.75, 3.05) is 36.9 Å². The summed E-state index contributed by atoms with van der Waals surface area (Å²) in [5, 5.41) is 0. The first-order chi connectivity index (χ1) is 8.67. The molecule has 98 valence electrons. The largest absolute Gasteiger partial charge is 0.399 e. The highest BCUT2D eigenvalue weighted by Gasteiger charge is 2.40. The standard InChI is InChI=1S/C14H20N2O2/c1-11-7-12(15)9-13(8-11)16-4-2-3-14(10-16)17-5-6-18-14/h7-9H,2-6,10,15H2,1H3. The van der Waals surface area contributed by atoms with Gasteiger partial charge in [0.25, 0.3) is 0 Å². The zero-order chi connectivity index (χ0) is 12.6. The minimum absolute atomic E-state index is 0.378. The number of rotatable bonds is 1. The predicted octanol–water partition coefficient (Wildman–Crippen LogP) is 1.92. The van der Waals surface area contributed by atoms with E-state index in [1.54, 1.807) is 0 Å². The van der Waals surface area contributed by atoms with Crippen molar-refractivity contribution in [3.8, 4) is 0 Å². The van der Waals surface area contributed by atoms with Gasteiger partial charge in [-0.15, -0.1) is 0 Å². The van der Waals surface area contributed by atoms with Crippen LogP contribution in [0.25, 0.3) is 0 Å². The maximum Gasteiger partial charge on any atom is 0.186 e. The number of nitrogens with zero attached hydrogens (tertiary/aromatic N) is 1. The highest BCUT2D eigenvalue weighted by Crippen LogP contribution is 2.33. The molecule has 2 heterocycles. The lowest BCUT2D eigenvalue weighted by atomic mass is 10.0. The Labute approximate surface area is 108 Å². The molecule has 0 aromatic heterocycles. The van der Waals surface area contributed by atoms with Gasteiger partial charge in [-0.1, -0.05) is 0 Å². The summed E-state index contributed by atoms with van der Waals surface area (Å²) in [6, 6.07) is 6.19. The molecular weight excluding hydrogens is 228 g/mol. The van der Waals surface area contributed by atoms with Crippen LogP contribution >= 0.6 is 0 Å². The normalized spacial score (nSPS) is 22.6. The molecule has 0 bridgehead atoms. The van der Waals surface area contributed by atoms with Crippen LogP contribution in [0.3, 0.4) is 0 Å². The second kappa shape index (κ2) is 4.44. The Morgan fingerprint density at radius 2 is 2.00 bits per heavy atom. The zero-order valence-electron chi connectivity index (χ0n) is 10.8. The topological polar surface area (TPSA) is 47.7 Å². The first-order valence-electron chi connectivity index (χ1n) is 6.57. The van der Waals surface area contributed by atoms with Crippen molar-refractivity contribution in [3.63, 3.8) is 0 Å². The fourth-order valence-corrected chi connectivity index (χ4v) is 2.92. The van der Waals surface area contributed by atoms with Gasteiger partial charge in [0.15, 0.2) is 5.79 Å². The molecule has 0 aliphatic carbocycles. The van der Waals surface area contributed by atoms with Crippen molar-refractivity contribution in [2.24, 2.45) is 0 Å². The molecule has 18 heavy (non-hydrogen) atoms. The van der Waals surface area contributed by atoms with Gasteiger partial charge in [-0.25, -0.2) is 0 Å². The van der Waals surface area contributed by atoms with E-state index in [4.69, 9.17) is 15.2 Å². The molecule has 2 N–H and O–H groups in total. The number of nitrogen functional groups attached to an aromatic ring is 1. The maximum atomic E-state index is 5.92. The Kier molecular flexibility index (Phi) is 2.92. The third-order valence-electron chi connectivity index (χ3n) is 3.68. The molecule has 2 saturated heterocycles. The van der Waals surface area contributed by atoms with Crippen LogP contribution in [0.5, 0.6) is 0 Å². The van der Waals surface area contributed by atoms with E-state index in [1.165, 1.54) is 11.3 Å². The Bertz CT molecular complexity index is 421. The minimum atomic E-state index is -0.378. The quantitative estimate of drug-likeness (QED) is 0.771. The smallest absolute Gasteiger partial charge is 0.186 e. The maximum absolute atomic E-state index is 5.92. The Balaban J connectivity index is 1.83. The Morgan fingerprint density at radius 1 is 1.22 bits per heavy atom. The number of nitrogens with two attached hydrogens (primary N) is 1. The van der Waals surface area contributed by atoms with Crippen LogP contribution in [0.2, 0.25) is 0 Å². The second-order valence-electron chi connectivity index (χ2n) is 5.23. The molecule has 0 atom stereocenters. The first kappa shape index (κ1) is 11.8. The van der Waals surface area contributed by atoms with E-state index in [9.17, 15) is 0 Å². The molecule has 0 unspecified atom stereocenters. The number of hydrogen-bond acceptors (Lipinski definition) is 4. The van der Waals surface area contributed by atoms with Crippen LogP contribution in [0.15, 0.2) is 18.2 Å². The SMILES string of the molecule is Cc1cc(N)cc(N2CCCC3(C2)OCCO3)c1.